The third-order valence-corrected chi connectivity index (χ3v) is 2.81. The summed E-state index contributed by atoms with van der Waals surface area (Å²) in [4.78, 5) is 22.9. The molecule has 0 amide bonds. The van der Waals surface area contributed by atoms with Crippen molar-refractivity contribution < 1.29 is 13.9 Å². The predicted molar refractivity (Wildman–Crippen MR) is 72.6 cm³/mol. The summed E-state index contributed by atoms with van der Waals surface area (Å²) in [7, 11) is 0. The van der Waals surface area contributed by atoms with E-state index in [0.717, 1.165) is 6.07 Å². The molecular formula is C15H14FNO3. The highest BCUT2D eigenvalue weighted by molar-refractivity contribution is 5.96. The Hall–Kier alpha value is -2.43. The Morgan fingerprint density at radius 1 is 1.30 bits per heavy atom. The van der Waals surface area contributed by atoms with Crippen molar-refractivity contribution in [1.82, 2.24) is 4.57 Å². The van der Waals surface area contributed by atoms with E-state index in [1.807, 2.05) is 0 Å². The first-order chi connectivity index (χ1) is 9.58. The van der Waals surface area contributed by atoms with E-state index >= 15 is 0 Å². The predicted octanol–water partition coefficient (Wildman–Crippen LogP) is 2.27. The minimum atomic E-state index is -0.484. The lowest BCUT2D eigenvalue weighted by molar-refractivity contribution is 0.101. The maximum absolute atomic E-state index is 13.1. The lowest BCUT2D eigenvalue weighted by Crippen LogP contribution is -2.21. The lowest BCUT2D eigenvalue weighted by atomic mass is 10.1. The van der Waals surface area contributed by atoms with Crippen LogP contribution in [0.3, 0.4) is 0 Å². The molecule has 0 saturated carbocycles. The van der Waals surface area contributed by atoms with Crippen molar-refractivity contribution in [3.8, 4) is 5.75 Å². The molecular weight excluding hydrogens is 261 g/mol. The van der Waals surface area contributed by atoms with E-state index in [9.17, 15) is 14.0 Å². The molecule has 4 nitrogen and oxygen atoms in total. The molecule has 2 aromatic rings. The third-order valence-electron chi connectivity index (χ3n) is 2.81. The fourth-order valence-corrected chi connectivity index (χ4v) is 1.80. The number of ether oxygens (including phenoxy) is 1. The Bertz CT molecular complexity index is 679. The zero-order chi connectivity index (χ0) is 14.5. The van der Waals surface area contributed by atoms with Gasteiger partial charge >= 0.3 is 0 Å². The maximum Gasteiger partial charge on any atom is 0.250 e. The minimum absolute atomic E-state index is 0.123. The number of nitrogens with zero attached hydrogens (tertiary/aromatic N) is 1. The zero-order valence-electron chi connectivity index (χ0n) is 11.0. The molecule has 0 bridgehead atoms. The molecule has 1 aromatic heterocycles. The Morgan fingerprint density at radius 3 is 2.80 bits per heavy atom. The second-order valence-electron chi connectivity index (χ2n) is 4.28. The molecule has 0 fully saturated rings. The number of rotatable bonds is 5. The van der Waals surface area contributed by atoms with Gasteiger partial charge in [-0.2, -0.15) is 0 Å². The van der Waals surface area contributed by atoms with Crippen LogP contribution in [0.15, 0.2) is 47.4 Å². The number of benzene rings is 1. The van der Waals surface area contributed by atoms with Crippen molar-refractivity contribution in [2.75, 3.05) is 6.61 Å². The highest BCUT2D eigenvalue weighted by Crippen LogP contribution is 2.20. The molecule has 0 spiro atoms. The van der Waals surface area contributed by atoms with Crippen LogP contribution in [0, 0.1) is 5.82 Å². The summed E-state index contributed by atoms with van der Waals surface area (Å²) in [6, 6.07) is 8.66. The normalized spacial score (nSPS) is 10.3. The topological polar surface area (TPSA) is 48.3 Å². The number of pyridine rings is 1. The summed E-state index contributed by atoms with van der Waals surface area (Å²) in [5, 5.41) is 0. The SMILES string of the molecule is CC(=O)c1cc(F)ccc1OCCn1ccccc1=O. The highest BCUT2D eigenvalue weighted by Gasteiger charge is 2.09. The Labute approximate surface area is 115 Å². The van der Waals surface area contributed by atoms with Crippen LogP contribution in [0.4, 0.5) is 4.39 Å². The summed E-state index contributed by atoms with van der Waals surface area (Å²) in [6.45, 7) is 1.92. The molecule has 0 saturated heterocycles. The minimum Gasteiger partial charge on any atom is -0.491 e. The van der Waals surface area contributed by atoms with E-state index in [0.29, 0.717) is 12.3 Å². The molecule has 0 radical (unpaired) electrons. The Balaban J connectivity index is 2.07. The Morgan fingerprint density at radius 2 is 2.10 bits per heavy atom. The Kier molecular flexibility index (Phi) is 4.30. The molecule has 104 valence electrons. The number of aromatic nitrogens is 1. The van der Waals surface area contributed by atoms with Gasteiger partial charge in [0.25, 0.3) is 5.56 Å². The van der Waals surface area contributed by atoms with Gasteiger partial charge in [-0.15, -0.1) is 0 Å². The molecule has 5 heteroatoms. The van der Waals surface area contributed by atoms with Gasteiger partial charge < -0.3 is 9.30 Å². The average Bonchev–Trinajstić information content (AvgIpc) is 2.42. The van der Waals surface area contributed by atoms with Crippen molar-refractivity contribution in [2.24, 2.45) is 0 Å². The van der Waals surface area contributed by atoms with E-state index in [1.165, 1.54) is 29.7 Å². The van der Waals surface area contributed by atoms with Crippen LogP contribution in [0.1, 0.15) is 17.3 Å². The van der Waals surface area contributed by atoms with E-state index < -0.39 is 5.82 Å². The second kappa shape index (κ2) is 6.14. The first-order valence-electron chi connectivity index (χ1n) is 6.16. The first-order valence-corrected chi connectivity index (χ1v) is 6.16. The molecule has 0 N–H and O–H groups in total. The van der Waals surface area contributed by atoms with Crippen LogP contribution in [-0.4, -0.2) is 17.0 Å². The summed E-state index contributed by atoms with van der Waals surface area (Å²) < 4.78 is 20.1. The number of halogens is 1. The summed E-state index contributed by atoms with van der Waals surface area (Å²) >= 11 is 0. The van der Waals surface area contributed by atoms with Gasteiger partial charge in [0.1, 0.15) is 18.2 Å². The number of carbonyl (C=O) groups is 1. The van der Waals surface area contributed by atoms with Gasteiger partial charge in [-0.1, -0.05) is 6.07 Å². The van der Waals surface area contributed by atoms with Crippen LogP contribution in [0.2, 0.25) is 0 Å². The average molecular weight is 275 g/mol. The van der Waals surface area contributed by atoms with Crippen molar-refractivity contribution in [3.63, 3.8) is 0 Å². The largest absolute Gasteiger partial charge is 0.491 e. The molecule has 0 aliphatic rings. The fourth-order valence-electron chi connectivity index (χ4n) is 1.80. The molecule has 1 heterocycles. The van der Waals surface area contributed by atoms with Crippen LogP contribution < -0.4 is 10.3 Å². The van der Waals surface area contributed by atoms with Gasteiger partial charge in [0.2, 0.25) is 0 Å². The fraction of sp³-hybridized carbons (Fsp3) is 0.200. The van der Waals surface area contributed by atoms with Gasteiger partial charge in [0, 0.05) is 12.3 Å². The number of Topliss-reactive ketones (excluding diaryl/α,β-unsaturated/α-hetero) is 1. The van der Waals surface area contributed by atoms with Crippen LogP contribution >= 0.6 is 0 Å². The maximum atomic E-state index is 13.1. The number of hydrogen-bond acceptors (Lipinski definition) is 3. The number of ketones is 1. The third kappa shape index (κ3) is 3.32. The second-order valence-corrected chi connectivity index (χ2v) is 4.28. The molecule has 2 rings (SSSR count). The zero-order valence-corrected chi connectivity index (χ0v) is 11.0. The van der Waals surface area contributed by atoms with Crippen molar-refractivity contribution >= 4 is 5.78 Å². The van der Waals surface area contributed by atoms with Gasteiger partial charge in [0.05, 0.1) is 12.1 Å². The highest BCUT2D eigenvalue weighted by atomic mass is 19.1. The van der Waals surface area contributed by atoms with Crippen LogP contribution in [-0.2, 0) is 6.54 Å². The van der Waals surface area contributed by atoms with Crippen molar-refractivity contribution in [2.45, 2.75) is 13.5 Å². The summed E-state index contributed by atoms with van der Waals surface area (Å²) in [5.41, 5.74) is 0.0763. The first kappa shape index (κ1) is 14.0. The lowest BCUT2D eigenvalue weighted by Gasteiger charge is -2.10. The monoisotopic (exact) mass is 275 g/mol. The van der Waals surface area contributed by atoms with Gasteiger partial charge in [-0.3, -0.25) is 9.59 Å². The van der Waals surface area contributed by atoms with E-state index in [1.54, 1.807) is 18.3 Å². The summed E-state index contributed by atoms with van der Waals surface area (Å²) in [6.07, 6.45) is 1.65. The smallest absolute Gasteiger partial charge is 0.250 e. The van der Waals surface area contributed by atoms with Gasteiger partial charge in [-0.25, -0.2) is 4.39 Å². The molecule has 0 atom stereocenters. The van der Waals surface area contributed by atoms with Gasteiger partial charge in [0.15, 0.2) is 5.78 Å². The van der Waals surface area contributed by atoms with Gasteiger partial charge in [-0.05, 0) is 31.2 Å². The standard InChI is InChI=1S/C15H14FNO3/c1-11(18)13-10-12(16)5-6-14(13)20-9-8-17-7-3-2-4-15(17)19/h2-7,10H,8-9H2,1H3. The van der Waals surface area contributed by atoms with E-state index in [2.05, 4.69) is 0 Å². The van der Waals surface area contributed by atoms with Crippen LogP contribution in [0.25, 0.3) is 0 Å². The van der Waals surface area contributed by atoms with Crippen molar-refractivity contribution in [3.05, 3.63) is 64.3 Å². The number of carbonyl (C=O) groups excluding carboxylic acids is 1. The molecule has 0 aliphatic heterocycles. The molecule has 1 aromatic carbocycles. The van der Waals surface area contributed by atoms with E-state index in [-0.39, 0.29) is 23.5 Å². The van der Waals surface area contributed by atoms with E-state index in [4.69, 9.17) is 4.74 Å². The quantitative estimate of drug-likeness (QED) is 0.786. The van der Waals surface area contributed by atoms with Crippen molar-refractivity contribution in [1.29, 1.82) is 0 Å². The molecule has 0 aliphatic carbocycles. The number of hydrogen-bond donors (Lipinski definition) is 0. The molecule has 0 unspecified atom stereocenters. The summed E-state index contributed by atoms with van der Waals surface area (Å²) in [5.74, 6) is -0.430. The van der Waals surface area contributed by atoms with Crippen LogP contribution in [0.5, 0.6) is 5.75 Å². The molecule has 20 heavy (non-hydrogen) atoms.